The van der Waals surface area contributed by atoms with Gasteiger partial charge in [0.05, 0.1) is 6.04 Å². The van der Waals surface area contributed by atoms with Gasteiger partial charge >= 0.3 is 0 Å². The molecular formula is C33H40FN5O2S. The van der Waals surface area contributed by atoms with Crippen LogP contribution in [0.25, 0.3) is 5.69 Å². The van der Waals surface area contributed by atoms with Crippen LogP contribution in [0.15, 0.2) is 78.4 Å². The molecule has 2 amide bonds. The van der Waals surface area contributed by atoms with Gasteiger partial charge in [0.2, 0.25) is 0 Å². The highest BCUT2D eigenvalue weighted by atomic mass is 32.1. The van der Waals surface area contributed by atoms with Gasteiger partial charge in [-0.05, 0) is 76.9 Å². The van der Waals surface area contributed by atoms with E-state index in [1.54, 1.807) is 23.5 Å². The molecule has 7 nitrogen and oxygen atoms in total. The van der Waals surface area contributed by atoms with Gasteiger partial charge in [-0.25, -0.2) is 9.37 Å². The summed E-state index contributed by atoms with van der Waals surface area (Å²) in [5.41, 5.74) is 3.96. The molecule has 0 bridgehead atoms. The summed E-state index contributed by atoms with van der Waals surface area (Å²) in [5.74, 6) is -0.326. The van der Waals surface area contributed by atoms with Crippen LogP contribution in [0.2, 0.25) is 0 Å². The quantitative estimate of drug-likeness (QED) is 0.213. The lowest BCUT2D eigenvalue weighted by atomic mass is 10.1. The molecule has 0 spiro atoms. The minimum atomic E-state index is -0.896. The second kappa shape index (κ2) is 15.4. The monoisotopic (exact) mass is 589 g/mol. The van der Waals surface area contributed by atoms with Crippen molar-refractivity contribution in [3.05, 3.63) is 106 Å². The van der Waals surface area contributed by atoms with Crippen molar-refractivity contribution in [2.75, 3.05) is 26.2 Å². The van der Waals surface area contributed by atoms with Crippen LogP contribution in [0.5, 0.6) is 0 Å². The second-order valence-electron chi connectivity index (χ2n) is 10.6. The van der Waals surface area contributed by atoms with E-state index >= 15 is 0 Å². The fourth-order valence-electron chi connectivity index (χ4n) is 4.83. The summed E-state index contributed by atoms with van der Waals surface area (Å²) >= 11 is 1.59. The number of likely N-dealkylation sites (tertiary alicyclic amines) is 1. The van der Waals surface area contributed by atoms with E-state index in [4.69, 9.17) is 0 Å². The predicted molar refractivity (Wildman–Crippen MR) is 167 cm³/mol. The zero-order valence-corrected chi connectivity index (χ0v) is 25.4. The molecule has 222 valence electrons. The van der Waals surface area contributed by atoms with Crippen LogP contribution in [0.4, 0.5) is 4.39 Å². The Bertz CT molecular complexity index is 1420. The highest BCUT2D eigenvalue weighted by Gasteiger charge is 2.33. The Morgan fingerprint density at radius 3 is 2.43 bits per heavy atom. The number of benzene rings is 2. The van der Waals surface area contributed by atoms with E-state index in [0.717, 1.165) is 29.2 Å². The van der Waals surface area contributed by atoms with Crippen LogP contribution in [-0.4, -0.2) is 58.6 Å². The average Bonchev–Trinajstić information content (AvgIpc) is 3.77. The summed E-state index contributed by atoms with van der Waals surface area (Å²) in [7, 11) is 0. The number of hydrogen-bond donors (Lipinski definition) is 2. The number of rotatable bonds is 10. The number of carbonyl (C=O) groups is 2. The molecule has 5 rings (SSSR count). The van der Waals surface area contributed by atoms with E-state index in [0.29, 0.717) is 43.7 Å². The molecule has 3 heterocycles. The van der Waals surface area contributed by atoms with Gasteiger partial charge in [-0.3, -0.25) is 9.59 Å². The number of aromatic nitrogens is 2. The van der Waals surface area contributed by atoms with Crippen molar-refractivity contribution in [3.8, 4) is 5.69 Å². The third-order valence-corrected chi connectivity index (χ3v) is 8.01. The van der Waals surface area contributed by atoms with Gasteiger partial charge in [0, 0.05) is 59.9 Å². The summed E-state index contributed by atoms with van der Waals surface area (Å²) in [6.45, 7) is 7.60. The first-order valence-electron chi connectivity index (χ1n) is 14.5. The Kier molecular flexibility index (Phi) is 11.4. The molecule has 2 N–H and O–H groups in total. The Hall–Kier alpha value is -3.82. The Morgan fingerprint density at radius 1 is 1.05 bits per heavy atom. The van der Waals surface area contributed by atoms with Gasteiger partial charge < -0.3 is 20.1 Å². The minimum absolute atomic E-state index is 0.0340. The van der Waals surface area contributed by atoms with Crippen LogP contribution in [0.3, 0.4) is 0 Å². The first kappa shape index (κ1) is 31.1. The van der Waals surface area contributed by atoms with Crippen molar-refractivity contribution in [2.24, 2.45) is 0 Å². The maximum Gasteiger partial charge on any atom is 0.254 e. The maximum absolute atomic E-state index is 13.6. The average molecular weight is 590 g/mol. The largest absolute Gasteiger partial charge is 0.352 e. The van der Waals surface area contributed by atoms with Gasteiger partial charge in [0.1, 0.15) is 11.2 Å². The first-order chi connectivity index (χ1) is 20.3. The van der Waals surface area contributed by atoms with Crippen molar-refractivity contribution < 1.29 is 14.0 Å². The zero-order chi connectivity index (χ0) is 29.9. The fourth-order valence-corrected chi connectivity index (χ4v) is 5.77. The molecule has 42 heavy (non-hydrogen) atoms. The fraction of sp³-hybridized carbons (Fsp3) is 0.364. The van der Waals surface area contributed by atoms with Gasteiger partial charge in [0.15, 0.2) is 0 Å². The molecular weight excluding hydrogens is 549 g/mol. The molecule has 0 saturated carbocycles. The Balaban J connectivity index is 0.000000507. The summed E-state index contributed by atoms with van der Waals surface area (Å²) in [5, 5.41) is 8.91. The number of amides is 2. The topological polar surface area (TPSA) is 79.3 Å². The van der Waals surface area contributed by atoms with Crippen molar-refractivity contribution in [3.63, 3.8) is 0 Å². The van der Waals surface area contributed by atoms with Gasteiger partial charge in [0.25, 0.3) is 11.8 Å². The van der Waals surface area contributed by atoms with Crippen molar-refractivity contribution in [1.29, 1.82) is 0 Å². The molecule has 4 aromatic rings. The number of alkyl halides is 1. The molecule has 2 atom stereocenters. The third kappa shape index (κ3) is 8.84. The number of carbonyl (C=O) groups excluding carboxylic acids is 2. The molecule has 0 aliphatic carbocycles. The Labute approximate surface area is 251 Å². The molecule has 2 unspecified atom stereocenters. The molecule has 2 aromatic heterocycles. The molecule has 1 aliphatic heterocycles. The van der Waals surface area contributed by atoms with Crippen LogP contribution >= 0.6 is 11.3 Å². The summed E-state index contributed by atoms with van der Waals surface area (Å²) in [6.07, 6.45) is 5.38. The van der Waals surface area contributed by atoms with Crippen LogP contribution < -0.4 is 10.6 Å². The number of thiazole rings is 1. The molecule has 9 heteroatoms. The van der Waals surface area contributed by atoms with E-state index in [9.17, 15) is 14.0 Å². The van der Waals surface area contributed by atoms with Crippen LogP contribution in [0, 0.1) is 13.8 Å². The summed E-state index contributed by atoms with van der Waals surface area (Å²) in [4.78, 5) is 33.1. The summed E-state index contributed by atoms with van der Waals surface area (Å²) in [6, 6.07) is 19.3. The molecule has 1 fully saturated rings. The Morgan fingerprint density at radius 2 is 1.79 bits per heavy atom. The lowest BCUT2D eigenvalue weighted by Gasteiger charge is -2.24. The highest BCUT2D eigenvalue weighted by molar-refractivity contribution is 7.09. The zero-order valence-electron chi connectivity index (χ0n) is 24.6. The molecule has 1 saturated heterocycles. The van der Waals surface area contributed by atoms with Crippen molar-refractivity contribution >= 4 is 23.2 Å². The number of aryl methyl sites for hydroxylation is 2. The number of nitrogens with zero attached hydrogens (tertiary/aromatic N) is 3. The number of nitrogens with one attached hydrogen (secondary N) is 2. The second-order valence-corrected chi connectivity index (χ2v) is 11.5. The minimum Gasteiger partial charge on any atom is -0.352 e. The highest BCUT2D eigenvalue weighted by Crippen LogP contribution is 2.35. The van der Waals surface area contributed by atoms with Crippen LogP contribution in [-0.2, 0) is 0 Å². The molecule has 0 radical (unpaired) electrons. The lowest BCUT2D eigenvalue weighted by Crippen LogP contribution is -2.31. The normalized spacial score (nSPS) is 15.1. The molecule has 2 aromatic carbocycles. The van der Waals surface area contributed by atoms with Crippen molar-refractivity contribution in [1.82, 2.24) is 25.1 Å². The smallest absolute Gasteiger partial charge is 0.254 e. The van der Waals surface area contributed by atoms with Gasteiger partial charge in [-0.2, -0.15) is 0 Å². The number of hydrogen-bond acceptors (Lipinski definition) is 5. The van der Waals surface area contributed by atoms with E-state index < -0.39 is 6.17 Å². The van der Waals surface area contributed by atoms with E-state index in [1.807, 2.05) is 70.6 Å². The molecule has 1 aliphatic rings. The summed E-state index contributed by atoms with van der Waals surface area (Å²) < 4.78 is 14.8. The van der Waals surface area contributed by atoms with E-state index in [1.165, 1.54) is 12.5 Å². The van der Waals surface area contributed by atoms with Crippen LogP contribution in [0.1, 0.15) is 69.2 Å². The van der Waals surface area contributed by atoms with Crippen molar-refractivity contribution in [2.45, 2.75) is 52.2 Å². The SMILES string of the molecule is Cc1ccccc1.Cc1csc(C2CCCN2C(=O)c2cc(C(=O)NCCCNCC(C)F)cc(-n3cccc3)c2)n1. The van der Waals surface area contributed by atoms with E-state index in [2.05, 4.69) is 34.7 Å². The predicted octanol–water partition coefficient (Wildman–Crippen LogP) is 6.28. The number of halogens is 1. The third-order valence-electron chi connectivity index (χ3n) is 6.95. The maximum atomic E-state index is 13.6. The van der Waals surface area contributed by atoms with Gasteiger partial charge in [-0.15, -0.1) is 11.3 Å². The van der Waals surface area contributed by atoms with Gasteiger partial charge in [-0.1, -0.05) is 35.9 Å². The standard InChI is InChI=1S/C26H32FN5O2S.C7H8/c1-18(27)16-28-8-6-9-29-24(33)20-13-21(15-22(14-20)31-10-3-4-11-31)26(34)32-12-5-7-23(32)25-30-19(2)17-35-25;1-7-5-3-2-4-6-7/h3-4,10-11,13-15,17-18,23,28H,5-9,12,16H2,1-2H3,(H,29,33);2-6H,1H3. The lowest BCUT2D eigenvalue weighted by molar-refractivity contribution is 0.0735. The first-order valence-corrected chi connectivity index (χ1v) is 15.4. The van der Waals surface area contributed by atoms with E-state index in [-0.39, 0.29) is 17.9 Å².